The van der Waals surface area contributed by atoms with Crippen LogP contribution in [0.25, 0.3) is 22.3 Å². The lowest BCUT2D eigenvalue weighted by Gasteiger charge is -2.08. The molecule has 1 aromatic carbocycles. The molecular formula is C14H14N4OS. The number of benzene rings is 1. The lowest BCUT2D eigenvalue weighted by molar-refractivity contribution is 0.309. The lowest BCUT2D eigenvalue weighted by atomic mass is 10.1. The molecule has 2 heterocycles. The zero-order valence-electron chi connectivity index (χ0n) is 11.0. The first-order valence-electron chi connectivity index (χ1n) is 6.40. The molecule has 20 heavy (non-hydrogen) atoms. The molecule has 3 rings (SSSR count). The van der Waals surface area contributed by atoms with Crippen LogP contribution in [0.15, 0.2) is 30.3 Å². The van der Waals surface area contributed by atoms with E-state index in [0.29, 0.717) is 29.1 Å². The van der Waals surface area contributed by atoms with Crippen LogP contribution in [0.1, 0.15) is 13.3 Å². The second-order valence-electron chi connectivity index (χ2n) is 4.34. The van der Waals surface area contributed by atoms with Gasteiger partial charge in [-0.2, -0.15) is 9.36 Å². The number of fused-ring (bicyclic) bond motifs is 1. The molecule has 3 aromatic rings. The van der Waals surface area contributed by atoms with Gasteiger partial charge in [0.25, 0.3) is 0 Å². The Labute approximate surface area is 120 Å². The van der Waals surface area contributed by atoms with Crippen LogP contribution >= 0.6 is 11.5 Å². The molecule has 0 bridgehead atoms. The van der Waals surface area contributed by atoms with Crippen LogP contribution in [-0.2, 0) is 0 Å². The number of ether oxygens (including phenoxy) is 1. The zero-order chi connectivity index (χ0) is 13.9. The monoisotopic (exact) mass is 286 g/mol. The summed E-state index contributed by atoms with van der Waals surface area (Å²) < 4.78 is 9.94. The molecule has 0 aliphatic heterocycles. The van der Waals surface area contributed by atoms with Gasteiger partial charge in [-0.05, 0) is 23.9 Å². The standard InChI is InChI=1S/C14H14N4OS/c1-2-7-19-13-10-6-4-3-5-9(10)8-11(16-13)12-17-14(15)20-18-12/h3-6,8H,2,7H2,1H3,(H2,15,17,18). The lowest BCUT2D eigenvalue weighted by Crippen LogP contribution is -1.99. The third-order valence-electron chi connectivity index (χ3n) is 2.82. The summed E-state index contributed by atoms with van der Waals surface area (Å²) in [6.07, 6.45) is 0.933. The number of nitrogen functional groups attached to an aromatic ring is 1. The third-order valence-corrected chi connectivity index (χ3v) is 3.36. The van der Waals surface area contributed by atoms with Gasteiger partial charge in [0.2, 0.25) is 5.88 Å². The summed E-state index contributed by atoms with van der Waals surface area (Å²) in [5.74, 6) is 1.16. The molecule has 2 N–H and O–H groups in total. The fourth-order valence-electron chi connectivity index (χ4n) is 1.93. The fraction of sp³-hybridized carbons (Fsp3) is 0.214. The summed E-state index contributed by atoms with van der Waals surface area (Å²) >= 11 is 1.16. The molecule has 0 spiro atoms. The van der Waals surface area contributed by atoms with Crippen molar-refractivity contribution in [3.63, 3.8) is 0 Å². The van der Waals surface area contributed by atoms with Gasteiger partial charge in [-0.25, -0.2) is 4.98 Å². The Morgan fingerprint density at radius 1 is 1.25 bits per heavy atom. The number of anilines is 1. The molecule has 6 heteroatoms. The molecule has 0 saturated carbocycles. The predicted molar refractivity (Wildman–Crippen MR) is 80.8 cm³/mol. The molecule has 0 unspecified atom stereocenters. The average Bonchev–Trinajstić information content (AvgIpc) is 2.91. The van der Waals surface area contributed by atoms with Gasteiger partial charge in [-0.1, -0.05) is 25.1 Å². The summed E-state index contributed by atoms with van der Waals surface area (Å²) in [5.41, 5.74) is 6.32. The number of hydrogen-bond donors (Lipinski definition) is 1. The highest BCUT2D eigenvalue weighted by Crippen LogP contribution is 2.28. The van der Waals surface area contributed by atoms with Crippen molar-refractivity contribution in [1.82, 2.24) is 14.3 Å². The largest absolute Gasteiger partial charge is 0.477 e. The Kier molecular flexibility index (Phi) is 3.47. The first-order valence-corrected chi connectivity index (χ1v) is 7.17. The number of rotatable bonds is 4. The van der Waals surface area contributed by atoms with Crippen LogP contribution < -0.4 is 10.5 Å². The van der Waals surface area contributed by atoms with Gasteiger partial charge in [0.05, 0.1) is 6.61 Å². The van der Waals surface area contributed by atoms with E-state index in [1.54, 1.807) is 0 Å². The van der Waals surface area contributed by atoms with E-state index in [-0.39, 0.29) is 0 Å². The molecular weight excluding hydrogens is 272 g/mol. The predicted octanol–water partition coefficient (Wildman–Crippen LogP) is 3.12. The second-order valence-corrected chi connectivity index (χ2v) is 5.12. The van der Waals surface area contributed by atoms with Gasteiger partial charge < -0.3 is 10.5 Å². The Bertz CT molecular complexity index is 741. The minimum atomic E-state index is 0.436. The molecule has 5 nitrogen and oxygen atoms in total. The van der Waals surface area contributed by atoms with Gasteiger partial charge in [0, 0.05) is 16.9 Å². The maximum Gasteiger partial charge on any atom is 0.222 e. The zero-order valence-corrected chi connectivity index (χ0v) is 11.9. The van der Waals surface area contributed by atoms with E-state index < -0.39 is 0 Å². The van der Waals surface area contributed by atoms with E-state index in [9.17, 15) is 0 Å². The van der Waals surface area contributed by atoms with Gasteiger partial charge in [-0.3, -0.25) is 0 Å². The number of hydrogen-bond acceptors (Lipinski definition) is 6. The van der Waals surface area contributed by atoms with E-state index in [4.69, 9.17) is 10.5 Å². The van der Waals surface area contributed by atoms with Crippen LogP contribution in [0.4, 0.5) is 5.13 Å². The number of pyridine rings is 1. The fourth-order valence-corrected chi connectivity index (χ4v) is 2.37. The van der Waals surface area contributed by atoms with Gasteiger partial charge in [0.1, 0.15) is 5.69 Å². The molecule has 102 valence electrons. The third kappa shape index (κ3) is 2.42. The van der Waals surface area contributed by atoms with Crippen LogP contribution in [0.2, 0.25) is 0 Å². The van der Waals surface area contributed by atoms with Crippen molar-refractivity contribution in [1.29, 1.82) is 0 Å². The highest BCUT2D eigenvalue weighted by Gasteiger charge is 2.11. The highest BCUT2D eigenvalue weighted by atomic mass is 32.1. The van der Waals surface area contributed by atoms with Gasteiger partial charge in [-0.15, -0.1) is 0 Å². The van der Waals surface area contributed by atoms with Crippen molar-refractivity contribution in [2.24, 2.45) is 0 Å². The first kappa shape index (κ1) is 12.8. The van der Waals surface area contributed by atoms with Crippen molar-refractivity contribution in [2.45, 2.75) is 13.3 Å². The van der Waals surface area contributed by atoms with E-state index in [1.807, 2.05) is 30.3 Å². The SMILES string of the molecule is CCCOc1nc(-c2nsc(N)n2)cc2ccccc12. The number of aromatic nitrogens is 3. The summed E-state index contributed by atoms with van der Waals surface area (Å²) in [7, 11) is 0. The Morgan fingerprint density at radius 3 is 2.85 bits per heavy atom. The summed E-state index contributed by atoms with van der Waals surface area (Å²) in [6, 6.07) is 9.94. The number of nitrogens with zero attached hydrogens (tertiary/aromatic N) is 3. The molecule has 0 amide bonds. The van der Waals surface area contributed by atoms with E-state index >= 15 is 0 Å². The van der Waals surface area contributed by atoms with Crippen molar-refractivity contribution in [3.05, 3.63) is 30.3 Å². The first-order chi connectivity index (χ1) is 9.78. The van der Waals surface area contributed by atoms with E-state index in [0.717, 1.165) is 28.7 Å². The normalized spacial score (nSPS) is 10.8. The minimum absolute atomic E-state index is 0.436. The quantitative estimate of drug-likeness (QED) is 0.797. The number of nitrogens with two attached hydrogens (primary N) is 1. The molecule has 0 fully saturated rings. The second kappa shape index (κ2) is 5.42. The van der Waals surface area contributed by atoms with E-state index in [2.05, 4.69) is 21.3 Å². The average molecular weight is 286 g/mol. The molecule has 0 aliphatic carbocycles. The minimum Gasteiger partial charge on any atom is -0.477 e. The molecule has 0 radical (unpaired) electrons. The molecule has 2 aromatic heterocycles. The van der Waals surface area contributed by atoms with Crippen LogP contribution in [0, 0.1) is 0 Å². The summed E-state index contributed by atoms with van der Waals surface area (Å²) in [5, 5.41) is 2.48. The molecule has 0 aliphatic rings. The van der Waals surface area contributed by atoms with Crippen molar-refractivity contribution >= 4 is 27.4 Å². The van der Waals surface area contributed by atoms with Crippen LogP contribution in [0.3, 0.4) is 0 Å². The van der Waals surface area contributed by atoms with Crippen LogP contribution in [0.5, 0.6) is 5.88 Å². The van der Waals surface area contributed by atoms with Crippen molar-refractivity contribution in [3.8, 4) is 17.4 Å². The Balaban J connectivity index is 2.14. The van der Waals surface area contributed by atoms with Gasteiger partial charge in [0.15, 0.2) is 11.0 Å². The Hall–Kier alpha value is -2.21. The molecule has 0 atom stereocenters. The topological polar surface area (TPSA) is 73.9 Å². The summed E-state index contributed by atoms with van der Waals surface area (Å²) in [6.45, 7) is 2.70. The maximum absolute atomic E-state index is 5.74. The van der Waals surface area contributed by atoms with Crippen molar-refractivity contribution < 1.29 is 4.74 Å². The van der Waals surface area contributed by atoms with Gasteiger partial charge >= 0.3 is 0 Å². The van der Waals surface area contributed by atoms with E-state index in [1.165, 1.54) is 0 Å². The van der Waals surface area contributed by atoms with Crippen molar-refractivity contribution in [2.75, 3.05) is 12.3 Å². The smallest absolute Gasteiger partial charge is 0.222 e. The maximum atomic E-state index is 5.74. The Morgan fingerprint density at radius 2 is 2.10 bits per heavy atom. The van der Waals surface area contributed by atoms with Crippen LogP contribution in [-0.4, -0.2) is 20.9 Å². The highest BCUT2D eigenvalue weighted by molar-refractivity contribution is 7.09. The summed E-state index contributed by atoms with van der Waals surface area (Å²) in [4.78, 5) is 8.70. The molecule has 0 saturated heterocycles.